The first kappa shape index (κ1) is 23.2. The molecular formula is C27H28N2O5. The molecule has 0 aromatic heterocycles. The van der Waals surface area contributed by atoms with Crippen LogP contribution in [0.3, 0.4) is 0 Å². The molecule has 3 aromatic carbocycles. The third-order valence-electron chi connectivity index (χ3n) is 6.04. The summed E-state index contributed by atoms with van der Waals surface area (Å²) in [6.07, 6.45) is 0.121. The molecule has 7 heteroatoms. The van der Waals surface area contributed by atoms with Crippen LogP contribution in [0.5, 0.6) is 17.2 Å². The highest BCUT2D eigenvalue weighted by atomic mass is 16.5. The average Bonchev–Trinajstić information content (AvgIpc) is 3.28. The number of benzene rings is 3. The van der Waals surface area contributed by atoms with Crippen molar-refractivity contribution in [1.82, 2.24) is 5.32 Å². The Morgan fingerprint density at radius 1 is 0.882 bits per heavy atom. The normalized spacial score (nSPS) is 16.1. The number of amides is 2. The van der Waals surface area contributed by atoms with E-state index in [4.69, 9.17) is 14.2 Å². The van der Waals surface area contributed by atoms with Crippen LogP contribution < -0.4 is 24.4 Å². The Morgan fingerprint density at radius 3 is 2.18 bits per heavy atom. The number of rotatable bonds is 8. The molecule has 0 saturated carbocycles. The second-order valence-electron chi connectivity index (χ2n) is 8.07. The van der Waals surface area contributed by atoms with Crippen molar-refractivity contribution >= 4 is 17.5 Å². The number of nitrogens with zero attached hydrogens (tertiary/aromatic N) is 1. The molecular weight excluding hydrogens is 432 g/mol. The molecule has 34 heavy (non-hydrogen) atoms. The summed E-state index contributed by atoms with van der Waals surface area (Å²) in [5.74, 6) is 1.10. The molecule has 4 rings (SSSR count). The lowest BCUT2D eigenvalue weighted by Gasteiger charge is -2.23. The van der Waals surface area contributed by atoms with Crippen molar-refractivity contribution in [1.29, 1.82) is 0 Å². The van der Waals surface area contributed by atoms with E-state index in [-0.39, 0.29) is 30.8 Å². The van der Waals surface area contributed by atoms with E-state index < -0.39 is 5.92 Å². The average molecular weight is 461 g/mol. The van der Waals surface area contributed by atoms with Crippen molar-refractivity contribution in [2.45, 2.75) is 12.5 Å². The van der Waals surface area contributed by atoms with Crippen LogP contribution in [-0.2, 0) is 9.59 Å². The Bertz CT molecular complexity index is 1150. The summed E-state index contributed by atoms with van der Waals surface area (Å²) in [6.45, 7) is 0.262. The Hall–Kier alpha value is -4.00. The predicted octanol–water partition coefficient (Wildman–Crippen LogP) is 3.97. The minimum atomic E-state index is -0.493. The van der Waals surface area contributed by atoms with E-state index in [1.54, 1.807) is 44.4 Å². The van der Waals surface area contributed by atoms with E-state index in [1.807, 2.05) is 54.6 Å². The molecule has 3 aromatic rings. The highest BCUT2D eigenvalue weighted by Crippen LogP contribution is 2.36. The molecule has 2 atom stereocenters. The maximum absolute atomic E-state index is 13.4. The van der Waals surface area contributed by atoms with Gasteiger partial charge in [-0.15, -0.1) is 0 Å². The van der Waals surface area contributed by atoms with Crippen molar-refractivity contribution < 1.29 is 23.8 Å². The molecule has 0 spiro atoms. The fourth-order valence-electron chi connectivity index (χ4n) is 4.18. The van der Waals surface area contributed by atoms with Crippen molar-refractivity contribution in [3.05, 3.63) is 83.9 Å². The number of carbonyl (C=O) groups is 2. The zero-order valence-electron chi connectivity index (χ0n) is 19.5. The summed E-state index contributed by atoms with van der Waals surface area (Å²) in [5, 5.41) is 3.16. The van der Waals surface area contributed by atoms with Crippen LogP contribution in [0, 0.1) is 5.92 Å². The number of carbonyl (C=O) groups excluding carboxylic acids is 2. The van der Waals surface area contributed by atoms with E-state index in [0.717, 1.165) is 16.9 Å². The molecule has 1 heterocycles. The summed E-state index contributed by atoms with van der Waals surface area (Å²) in [4.78, 5) is 27.8. The predicted molar refractivity (Wildman–Crippen MR) is 129 cm³/mol. The van der Waals surface area contributed by atoms with Gasteiger partial charge in [-0.05, 0) is 35.4 Å². The van der Waals surface area contributed by atoms with Gasteiger partial charge in [-0.3, -0.25) is 9.59 Å². The van der Waals surface area contributed by atoms with Gasteiger partial charge in [0.15, 0.2) is 0 Å². The Balaban J connectivity index is 1.56. The van der Waals surface area contributed by atoms with Gasteiger partial charge in [0.1, 0.15) is 17.2 Å². The topological polar surface area (TPSA) is 77.1 Å². The van der Waals surface area contributed by atoms with Gasteiger partial charge >= 0.3 is 0 Å². The third kappa shape index (κ3) is 4.83. The van der Waals surface area contributed by atoms with Crippen LogP contribution in [0.4, 0.5) is 5.69 Å². The maximum atomic E-state index is 13.4. The number of hydrogen-bond donors (Lipinski definition) is 1. The quantitative estimate of drug-likeness (QED) is 0.551. The monoisotopic (exact) mass is 460 g/mol. The van der Waals surface area contributed by atoms with E-state index in [2.05, 4.69) is 5.32 Å². The van der Waals surface area contributed by atoms with Crippen LogP contribution in [0.15, 0.2) is 72.8 Å². The lowest BCUT2D eigenvalue weighted by Crippen LogP contribution is -2.36. The number of hydrogen-bond acceptors (Lipinski definition) is 5. The third-order valence-corrected chi connectivity index (χ3v) is 6.04. The van der Waals surface area contributed by atoms with Crippen LogP contribution in [0.25, 0.3) is 0 Å². The van der Waals surface area contributed by atoms with Crippen LogP contribution in [0.1, 0.15) is 23.6 Å². The lowest BCUT2D eigenvalue weighted by atomic mass is 9.97. The molecule has 1 saturated heterocycles. The van der Waals surface area contributed by atoms with Crippen LogP contribution >= 0.6 is 0 Å². The summed E-state index contributed by atoms with van der Waals surface area (Å²) in [5.41, 5.74) is 2.48. The van der Waals surface area contributed by atoms with Crippen LogP contribution in [-0.4, -0.2) is 39.7 Å². The zero-order valence-corrected chi connectivity index (χ0v) is 19.5. The lowest BCUT2D eigenvalue weighted by molar-refractivity contribution is -0.126. The van der Waals surface area contributed by atoms with Gasteiger partial charge in [-0.2, -0.15) is 0 Å². The van der Waals surface area contributed by atoms with Gasteiger partial charge in [0, 0.05) is 19.0 Å². The van der Waals surface area contributed by atoms with Gasteiger partial charge in [0.25, 0.3) is 0 Å². The molecule has 7 nitrogen and oxygen atoms in total. The fraction of sp³-hybridized carbons (Fsp3) is 0.259. The standard InChI is InChI=1S/C27H28N2O5/c1-32-21-11-9-19(10-12-21)26(18-7-5-4-6-8-18)28-27(31)20-15-25(30)29(17-20)23-16-22(33-2)13-14-24(23)34-3/h4-14,16,20,26H,15,17H2,1-3H3,(H,28,31). The highest BCUT2D eigenvalue weighted by molar-refractivity contribution is 6.01. The first-order chi connectivity index (χ1) is 16.5. The molecule has 1 N–H and O–H groups in total. The SMILES string of the molecule is COc1ccc(C(NC(=O)C2CC(=O)N(c3cc(OC)ccc3OC)C2)c2ccccc2)cc1. The second-order valence-corrected chi connectivity index (χ2v) is 8.07. The molecule has 1 fully saturated rings. The molecule has 1 aliphatic heterocycles. The van der Waals surface area contributed by atoms with Gasteiger partial charge in [-0.1, -0.05) is 42.5 Å². The van der Waals surface area contributed by atoms with Gasteiger partial charge in [0.05, 0.1) is 39.0 Å². The number of ether oxygens (including phenoxy) is 3. The maximum Gasteiger partial charge on any atom is 0.227 e. The van der Waals surface area contributed by atoms with E-state index in [9.17, 15) is 9.59 Å². The molecule has 0 aliphatic carbocycles. The highest BCUT2D eigenvalue weighted by Gasteiger charge is 2.37. The van der Waals surface area contributed by atoms with Crippen molar-refractivity contribution in [2.75, 3.05) is 32.8 Å². The molecule has 2 amide bonds. The molecule has 2 unspecified atom stereocenters. The minimum absolute atomic E-state index is 0.121. The fourth-order valence-corrected chi connectivity index (χ4v) is 4.18. The number of anilines is 1. The summed E-state index contributed by atoms with van der Waals surface area (Å²) in [7, 11) is 4.73. The first-order valence-corrected chi connectivity index (χ1v) is 11.1. The summed E-state index contributed by atoms with van der Waals surface area (Å²) >= 11 is 0. The van der Waals surface area contributed by atoms with Crippen molar-refractivity contribution in [3.63, 3.8) is 0 Å². The Labute approximate surface area is 199 Å². The number of methoxy groups -OCH3 is 3. The number of nitrogens with one attached hydrogen (secondary N) is 1. The van der Waals surface area contributed by atoms with E-state index in [1.165, 1.54) is 0 Å². The van der Waals surface area contributed by atoms with Gasteiger partial charge in [0.2, 0.25) is 11.8 Å². The Morgan fingerprint density at radius 2 is 1.53 bits per heavy atom. The van der Waals surface area contributed by atoms with Crippen molar-refractivity contribution in [3.8, 4) is 17.2 Å². The zero-order chi connectivity index (χ0) is 24.1. The molecule has 1 aliphatic rings. The van der Waals surface area contributed by atoms with Gasteiger partial charge in [-0.25, -0.2) is 0 Å². The van der Waals surface area contributed by atoms with E-state index >= 15 is 0 Å². The Kier molecular flexibility index (Phi) is 7.01. The first-order valence-electron chi connectivity index (χ1n) is 11.1. The minimum Gasteiger partial charge on any atom is -0.497 e. The molecule has 176 valence electrons. The van der Waals surface area contributed by atoms with Crippen LogP contribution in [0.2, 0.25) is 0 Å². The smallest absolute Gasteiger partial charge is 0.227 e. The molecule has 0 bridgehead atoms. The summed E-state index contributed by atoms with van der Waals surface area (Å²) < 4.78 is 16.0. The second kappa shape index (κ2) is 10.3. The largest absolute Gasteiger partial charge is 0.497 e. The van der Waals surface area contributed by atoms with Gasteiger partial charge < -0.3 is 24.4 Å². The molecule has 0 radical (unpaired) electrons. The van der Waals surface area contributed by atoms with E-state index in [0.29, 0.717) is 17.2 Å². The summed E-state index contributed by atoms with van der Waals surface area (Å²) in [6, 6.07) is 22.3. The van der Waals surface area contributed by atoms with Crippen molar-refractivity contribution in [2.24, 2.45) is 5.92 Å².